The number of hydrogen-bond acceptors (Lipinski definition) is 2. The summed E-state index contributed by atoms with van der Waals surface area (Å²) in [6, 6.07) is -0.544. The van der Waals surface area contributed by atoms with E-state index in [0.717, 1.165) is 6.07 Å². The van der Waals surface area contributed by atoms with E-state index < -0.39 is 41.2 Å². The largest absolute Gasteiger partial charge is 0.413 e. The lowest BCUT2D eigenvalue weighted by molar-refractivity contribution is -0.165. The summed E-state index contributed by atoms with van der Waals surface area (Å²) >= 11 is 0. The number of amides is 2. The molecule has 0 spiro atoms. The molecule has 2 rings (SSSR count). The normalized spacial score (nSPS) is 19.8. The van der Waals surface area contributed by atoms with Gasteiger partial charge in [-0.3, -0.25) is 9.59 Å². The van der Waals surface area contributed by atoms with Crippen molar-refractivity contribution in [2.24, 2.45) is 5.92 Å². The molecule has 4 nitrogen and oxygen atoms in total. The minimum atomic E-state index is -5.09. The van der Waals surface area contributed by atoms with Crippen LogP contribution in [-0.2, 0) is 9.59 Å². The Morgan fingerprint density at radius 1 is 1.30 bits per heavy atom. The third kappa shape index (κ3) is 3.59. The van der Waals surface area contributed by atoms with Crippen molar-refractivity contribution < 1.29 is 31.5 Å². The van der Waals surface area contributed by atoms with E-state index in [1.165, 1.54) is 11.9 Å². The van der Waals surface area contributed by atoms with Gasteiger partial charge in [0.1, 0.15) is 11.6 Å². The Morgan fingerprint density at radius 3 is 2.30 bits per heavy atom. The zero-order valence-corrected chi connectivity index (χ0v) is 12.0. The van der Waals surface area contributed by atoms with Gasteiger partial charge in [0.2, 0.25) is 11.8 Å². The molecule has 2 atom stereocenters. The molecule has 23 heavy (non-hydrogen) atoms. The minimum Gasteiger partial charge on any atom is -0.345 e. The van der Waals surface area contributed by atoms with Crippen molar-refractivity contribution in [3.8, 4) is 0 Å². The Balaban J connectivity index is 2.28. The van der Waals surface area contributed by atoms with Gasteiger partial charge in [-0.15, -0.1) is 0 Å². The molecule has 1 aromatic rings. The molecule has 0 bridgehead atoms. The average Bonchev–Trinajstić information content (AvgIpc) is 2.76. The SMILES string of the molecule is CN1CC(C(=O)NC(c2c(F)cccc2F)C(F)(F)F)CC1=O. The molecule has 1 fully saturated rings. The van der Waals surface area contributed by atoms with E-state index in [2.05, 4.69) is 0 Å². The Labute approximate surface area is 128 Å². The second kappa shape index (κ2) is 6.13. The van der Waals surface area contributed by atoms with Crippen molar-refractivity contribution in [2.75, 3.05) is 13.6 Å². The number of carbonyl (C=O) groups is 2. The van der Waals surface area contributed by atoms with Gasteiger partial charge in [0.25, 0.3) is 0 Å². The Bertz CT molecular complexity index is 612. The number of rotatable bonds is 3. The van der Waals surface area contributed by atoms with E-state index in [1.54, 1.807) is 5.32 Å². The topological polar surface area (TPSA) is 49.4 Å². The molecule has 1 aromatic carbocycles. The highest BCUT2D eigenvalue weighted by Crippen LogP contribution is 2.36. The average molecular weight is 336 g/mol. The van der Waals surface area contributed by atoms with Crippen LogP contribution in [0.4, 0.5) is 22.0 Å². The number of hydrogen-bond donors (Lipinski definition) is 1. The molecule has 1 heterocycles. The first-order valence-electron chi connectivity index (χ1n) is 6.66. The van der Waals surface area contributed by atoms with Crippen molar-refractivity contribution >= 4 is 11.8 Å². The standard InChI is InChI=1S/C14H13F5N2O2/c1-21-6-7(5-10(21)22)13(23)20-12(14(17,18)19)11-8(15)3-2-4-9(11)16/h2-4,7,12H,5-6H2,1H3,(H,20,23). The zero-order chi connectivity index (χ0) is 17.4. The fraction of sp³-hybridized carbons (Fsp3) is 0.429. The summed E-state index contributed by atoms with van der Waals surface area (Å²) in [7, 11) is 1.41. The molecule has 0 aliphatic carbocycles. The van der Waals surface area contributed by atoms with E-state index >= 15 is 0 Å². The quantitative estimate of drug-likeness (QED) is 0.860. The van der Waals surface area contributed by atoms with E-state index in [9.17, 15) is 31.5 Å². The maximum Gasteiger partial charge on any atom is 0.413 e. The van der Waals surface area contributed by atoms with Gasteiger partial charge < -0.3 is 10.2 Å². The van der Waals surface area contributed by atoms with Crippen molar-refractivity contribution in [1.29, 1.82) is 0 Å². The van der Waals surface area contributed by atoms with Gasteiger partial charge in [0, 0.05) is 20.0 Å². The third-order valence-electron chi connectivity index (χ3n) is 3.61. The van der Waals surface area contributed by atoms with Crippen LogP contribution in [0.5, 0.6) is 0 Å². The molecule has 1 aliphatic heterocycles. The van der Waals surface area contributed by atoms with Gasteiger partial charge in [0.05, 0.1) is 11.5 Å². The first-order valence-corrected chi connectivity index (χ1v) is 6.66. The summed E-state index contributed by atoms with van der Waals surface area (Å²) in [4.78, 5) is 24.5. The van der Waals surface area contributed by atoms with Crippen LogP contribution in [0.1, 0.15) is 18.0 Å². The van der Waals surface area contributed by atoms with Crippen LogP contribution in [0.3, 0.4) is 0 Å². The summed E-state index contributed by atoms with van der Waals surface area (Å²) in [5.41, 5.74) is -1.27. The second-order valence-electron chi connectivity index (χ2n) is 5.29. The number of likely N-dealkylation sites (tertiary alicyclic amines) is 1. The predicted molar refractivity (Wildman–Crippen MR) is 69.0 cm³/mol. The molecule has 2 amide bonds. The molecule has 2 unspecified atom stereocenters. The Morgan fingerprint density at radius 2 is 1.87 bits per heavy atom. The second-order valence-corrected chi connectivity index (χ2v) is 5.29. The van der Waals surface area contributed by atoms with Crippen molar-refractivity contribution in [3.05, 3.63) is 35.4 Å². The number of halogens is 5. The molecule has 126 valence electrons. The van der Waals surface area contributed by atoms with Gasteiger partial charge in [-0.25, -0.2) is 8.78 Å². The summed E-state index contributed by atoms with van der Waals surface area (Å²) in [5.74, 6) is -5.27. The Hall–Kier alpha value is -2.19. The number of alkyl halides is 3. The predicted octanol–water partition coefficient (Wildman–Crippen LogP) is 2.16. The third-order valence-corrected chi connectivity index (χ3v) is 3.61. The molecule has 1 saturated heterocycles. The van der Waals surface area contributed by atoms with E-state index in [1.807, 2.05) is 0 Å². The fourth-order valence-corrected chi connectivity index (χ4v) is 2.40. The molecular formula is C14H13F5N2O2. The van der Waals surface area contributed by atoms with Crippen molar-refractivity contribution in [2.45, 2.75) is 18.6 Å². The van der Waals surface area contributed by atoms with Crippen LogP contribution in [0.2, 0.25) is 0 Å². The summed E-state index contributed by atoms with van der Waals surface area (Å²) in [6.07, 6.45) is -5.33. The van der Waals surface area contributed by atoms with Crippen molar-refractivity contribution in [3.63, 3.8) is 0 Å². The van der Waals surface area contributed by atoms with Gasteiger partial charge in [-0.05, 0) is 12.1 Å². The fourth-order valence-electron chi connectivity index (χ4n) is 2.40. The van der Waals surface area contributed by atoms with Crippen LogP contribution < -0.4 is 5.32 Å². The molecular weight excluding hydrogens is 323 g/mol. The summed E-state index contributed by atoms with van der Waals surface area (Å²) in [6.45, 7) is -0.0466. The molecule has 0 saturated carbocycles. The summed E-state index contributed by atoms with van der Waals surface area (Å²) in [5, 5.41) is 1.62. The Kier molecular flexibility index (Phi) is 4.58. The van der Waals surface area contributed by atoms with Crippen LogP contribution >= 0.6 is 0 Å². The highest BCUT2D eigenvalue weighted by Gasteiger charge is 2.46. The lowest BCUT2D eigenvalue weighted by Crippen LogP contribution is -2.42. The van der Waals surface area contributed by atoms with E-state index in [-0.39, 0.29) is 18.9 Å². The van der Waals surface area contributed by atoms with Gasteiger partial charge in [-0.1, -0.05) is 6.07 Å². The number of benzene rings is 1. The van der Waals surface area contributed by atoms with Gasteiger partial charge in [0.15, 0.2) is 6.04 Å². The highest BCUT2D eigenvalue weighted by molar-refractivity contribution is 5.89. The number of nitrogens with zero attached hydrogens (tertiary/aromatic N) is 1. The first kappa shape index (κ1) is 17.2. The lowest BCUT2D eigenvalue weighted by atomic mass is 10.0. The van der Waals surface area contributed by atoms with E-state index in [4.69, 9.17) is 0 Å². The maximum absolute atomic E-state index is 13.6. The zero-order valence-electron chi connectivity index (χ0n) is 12.0. The van der Waals surface area contributed by atoms with Crippen LogP contribution in [-0.4, -0.2) is 36.5 Å². The smallest absolute Gasteiger partial charge is 0.345 e. The molecule has 0 radical (unpaired) electrons. The molecule has 9 heteroatoms. The minimum absolute atomic E-state index is 0.0466. The molecule has 0 aromatic heterocycles. The van der Waals surface area contributed by atoms with Crippen molar-refractivity contribution in [1.82, 2.24) is 10.2 Å². The van der Waals surface area contributed by atoms with Crippen LogP contribution in [0.25, 0.3) is 0 Å². The van der Waals surface area contributed by atoms with Gasteiger partial charge >= 0.3 is 6.18 Å². The molecule has 1 N–H and O–H groups in total. The number of carbonyl (C=O) groups excluding carboxylic acids is 2. The van der Waals surface area contributed by atoms with Gasteiger partial charge in [-0.2, -0.15) is 13.2 Å². The monoisotopic (exact) mass is 336 g/mol. The number of nitrogens with one attached hydrogen (secondary N) is 1. The van der Waals surface area contributed by atoms with E-state index in [0.29, 0.717) is 12.1 Å². The lowest BCUT2D eigenvalue weighted by Gasteiger charge is -2.24. The first-order chi connectivity index (χ1) is 10.6. The van der Waals surface area contributed by atoms with Crippen LogP contribution in [0, 0.1) is 17.6 Å². The molecule has 1 aliphatic rings. The summed E-state index contributed by atoms with van der Waals surface area (Å²) < 4.78 is 66.7. The highest BCUT2D eigenvalue weighted by atomic mass is 19.4. The van der Waals surface area contributed by atoms with Crippen LogP contribution in [0.15, 0.2) is 18.2 Å². The maximum atomic E-state index is 13.6.